The monoisotopic (exact) mass is 478 g/mol. The number of nitrogens with one attached hydrogen (secondary N) is 1. The summed E-state index contributed by atoms with van der Waals surface area (Å²) in [5.74, 6) is 0.378. The average molecular weight is 479 g/mol. The van der Waals surface area contributed by atoms with E-state index < -0.39 is 5.92 Å². The topological polar surface area (TPSA) is 93.6 Å². The Kier molecular flexibility index (Phi) is 7.02. The Morgan fingerprint density at radius 3 is 2.32 bits per heavy atom. The highest BCUT2D eigenvalue weighted by Gasteiger charge is 2.35. The highest BCUT2D eigenvalue weighted by Crippen LogP contribution is 2.34. The molecule has 0 spiro atoms. The highest BCUT2D eigenvalue weighted by molar-refractivity contribution is 7.99. The third-order valence-corrected chi connectivity index (χ3v) is 6.34. The van der Waals surface area contributed by atoms with Crippen LogP contribution in [0.2, 0.25) is 0 Å². The molecule has 34 heavy (non-hydrogen) atoms. The van der Waals surface area contributed by atoms with Crippen LogP contribution in [0.5, 0.6) is 11.5 Å². The number of anilines is 2. The van der Waals surface area contributed by atoms with Crippen LogP contribution in [-0.4, -0.2) is 42.5 Å². The van der Waals surface area contributed by atoms with Crippen LogP contribution in [0.1, 0.15) is 17.8 Å². The van der Waals surface area contributed by atoms with E-state index in [9.17, 15) is 9.59 Å². The molecule has 1 aliphatic heterocycles. The summed E-state index contributed by atoms with van der Waals surface area (Å²) in [4.78, 5) is 36.9. The standard InChI is InChI=1S/C25H26N4O4S/c1-15-11-16(2)27-25(26-15)34-20-8-5-18(6-9-20)28-24(31)17-12-23(30)29(14-17)19-7-10-21(32-3)22(13-19)33-4/h5-11,13,17H,12,14H2,1-4H3,(H,28,31). The first-order valence-electron chi connectivity index (χ1n) is 10.8. The van der Waals surface area contributed by atoms with Crippen molar-refractivity contribution >= 4 is 35.0 Å². The van der Waals surface area contributed by atoms with Crippen molar-refractivity contribution in [1.82, 2.24) is 9.97 Å². The van der Waals surface area contributed by atoms with E-state index in [1.807, 2.05) is 44.2 Å². The zero-order chi connectivity index (χ0) is 24.2. The quantitative estimate of drug-likeness (QED) is 0.507. The van der Waals surface area contributed by atoms with Gasteiger partial charge in [0.2, 0.25) is 11.8 Å². The summed E-state index contributed by atoms with van der Waals surface area (Å²) in [7, 11) is 3.10. The van der Waals surface area contributed by atoms with Gasteiger partial charge in [-0.05, 0) is 68.1 Å². The van der Waals surface area contributed by atoms with Gasteiger partial charge in [0.05, 0.1) is 20.1 Å². The Morgan fingerprint density at radius 1 is 1.00 bits per heavy atom. The molecule has 2 heterocycles. The molecule has 1 unspecified atom stereocenters. The Balaban J connectivity index is 1.39. The largest absolute Gasteiger partial charge is 0.493 e. The van der Waals surface area contributed by atoms with Gasteiger partial charge in [-0.2, -0.15) is 0 Å². The van der Waals surface area contributed by atoms with Gasteiger partial charge < -0.3 is 19.7 Å². The summed E-state index contributed by atoms with van der Waals surface area (Å²) >= 11 is 1.47. The number of hydrogen-bond acceptors (Lipinski definition) is 7. The molecule has 2 amide bonds. The second-order valence-electron chi connectivity index (χ2n) is 7.99. The molecule has 1 N–H and O–H groups in total. The van der Waals surface area contributed by atoms with Crippen molar-refractivity contribution in [1.29, 1.82) is 0 Å². The van der Waals surface area contributed by atoms with E-state index in [1.165, 1.54) is 11.8 Å². The van der Waals surface area contributed by atoms with E-state index in [2.05, 4.69) is 15.3 Å². The van der Waals surface area contributed by atoms with Gasteiger partial charge in [0.15, 0.2) is 16.7 Å². The van der Waals surface area contributed by atoms with Crippen molar-refractivity contribution in [3.63, 3.8) is 0 Å². The van der Waals surface area contributed by atoms with E-state index in [4.69, 9.17) is 9.47 Å². The molecule has 4 rings (SSSR count). The number of aromatic nitrogens is 2. The maximum atomic E-state index is 12.9. The summed E-state index contributed by atoms with van der Waals surface area (Å²) in [6.07, 6.45) is 0.151. The van der Waals surface area contributed by atoms with Crippen molar-refractivity contribution in [3.05, 3.63) is 59.9 Å². The van der Waals surface area contributed by atoms with Crippen LogP contribution >= 0.6 is 11.8 Å². The second kappa shape index (κ2) is 10.1. The van der Waals surface area contributed by atoms with Gasteiger partial charge in [-0.3, -0.25) is 9.59 Å². The van der Waals surface area contributed by atoms with Crippen LogP contribution in [0.15, 0.2) is 58.6 Å². The number of carbonyl (C=O) groups excluding carboxylic acids is 2. The molecule has 2 aromatic carbocycles. The Labute approximate surface area is 202 Å². The number of nitrogens with zero attached hydrogens (tertiary/aromatic N) is 3. The molecule has 3 aromatic rings. The third kappa shape index (κ3) is 5.31. The summed E-state index contributed by atoms with van der Waals surface area (Å²) in [6, 6.07) is 14.7. The first-order valence-corrected chi connectivity index (χ1v) is 11.6. The smallest absolute Gasteiger partial charge is 0.229 e. The fourth-order valence-electron chi connectivity index (χ4n) is 3.82. The van der Waals surface area contributed by atoms with Crippen molar-refractivity contribution in [3.8, 4) is 11.5 Å². The number of carbonyl (C=O) groups is 2. The zero-order valence-electron chi connectivity index (χ0n) is 19.5. The first-order chi connectivity index (χ1) is 16.4. The molecule has 176 valence electrons. The van der Waals surface area contributed by atoms with E-state index in [0.29, 0.717) is 34.6 Å². The van der Waals surface area contributed by atoms with Gasteiger partial charge in [-0.25, -0.2) is 9.97 Å². The Hall–Kier alpha value is -3.59. The molecule has 0 aliphatic carbocycles. The van der Waals surface area contributed by atoms with Crippen LogP contribution < -0.4 is 19.7 Å². The molecule has 0 saturated carbocycles. The van der Waals surface area contributed by atoms with Gasteiger partial charge in [0.25, 0.3) is 0 Å². The van der Waals surface area contributed by atoms with E-state index in [0.717, 1.165) is 16.3 Å². The van der Waals surface area contributed by atoms with E-state index in [-0.39, 0.29) is 18.2 Å². The summed E-state index contributed by atoms with van der Waals surface area (Å²) in [6.45, 7) is 4.19. The molecular weight excluding hydrogens is 452 g/mol. The van der Waals surface area contributed by atoms with Gasteiger partial charge in [0.1, 0.15) is 0 Å². The molecule has 1 atom stereocenters. The van der Waals surface area contributed by atoms with E-state index >= 15 is 0 Å². The third-order valence-electron chi connectivity index (χ3n) is 5.47. The van der Waals surface area contributed by atoms with Crippen molar-refractivity contribution in [2.24, 2.45) is 5.92 Å². The number of hydrogen-bond donors (Lipinski definition) is 1. The first kappa shape index (κ1) is 23.6. The molecule has 0 radical (unpaired) electrons. The van der Waals surface area contributed by atoms with Crippen LogP contribution in [0.4, 0.5) is 11.4 Å². The SMILES string of the molecule is COc1ccc(N2CC(C(=O)Nc3ccc(Sc4nc(C)cc(C)n4)cc3)CC2=O)cc1OC. The molecule has 1 aromatic heterocycles. The fraction of sp³-hybridized carbons (Fsp3) is 0.280. The lowest BCUT2D eigenvalue weighted by Gasteiger charge is -2.18. The lowest BCUT2D eigenvalue weighted by atomic mass is 10.1. The lowest BCUT2D eigenvalue weighted by Crippen LogP contribution is -2.28. The van der Waals surface area contributed by atoms with Crippen LogP contribution in [0.3, 0.4) is 0 Å². The molecule has 1 fully saturated rings. The summed E-state index contributed by atoms with van der Waals surface area (Å²) in [5.41, 5.74) is 3.19. The molecule has 0 bridgehead atoms. The lowest BCUT2D eigenvalue weighted by molar-refractivity contribution is -0.122. The predicted octanol–water partition coefficient (Wildman–Crippen LogP) is 4.25. The maximum absolute atomic E-state index is 12.9. The minimum atomic E-state index is -0.446. The fourth-order valence-corrected chi connectivity index (χ4v) is 4.68. The Bertz CT molecular complexity index is 1200. The molecule has 1 aliphatic rings. The van der Waals surface area contributed by atoms with Gasteiger partial charge in [-0.15, -0.1) is 0 Å². The number of ether oxygens (including phenoxy) is 2. The second-order valence-corrected chi connectivity index (χ2v) is 9.03. The highest BCUT2D eigenvalue weighted by atomic mass is 32.2. The summed E-state index contributed by atoms with van der Waals surface area (Å²) in [5, 5.41) is 3.61. The molecular formula is C25H26N4O4S. The number of amides is 2. The Morgan fingerprint density at radius 2 is 1.68 bits per heavy atom. The minimum absolute atomic E-state index is 0.104. The van der Waals surface area contributed by atoms with E-state index in [1.54, 1.807) is 37.3 Å². The number of aryl methyl sites for hydroxylation is 2. The number of benzene rings is 2. The molecule has 8 nitrogen and oxygen atoms in total. The van der Waals surface area contributed by atoms with Crippen molar-refractivity contribution in [2.45, 2.75) is 30.3 Å². The van der Waals surface area contributed by atoms with Crippen molar-refractivity contribution in [2.75, 3.05) is 31.0 Å². The predicted molar refractivity (Wildman–Crippen MR) is 131 cm³/mol. The zero-order valence-corrected chi connectivity index (χ0v) is 20.3. The average Bonchev–Trinajstić information content (AvgIpc) is 3.21. The van der Waals surface area contributed by atoms with Crippen LogP contribution in [-0.2, 0) is 9.59 Å². The number of methoxy groups -OCH3 is 2. The van der Waals surface area contributed by atoms with Crippen LogP contribution in [0, 0.1) is 19.8 Å². The van der Waals surface area contributed by atoms with Gasteiger partial charge in [0, 0.05) is 46.7 Å². The normalized spacial score (nSPS) is 15.4. The summed E-state index contributed by atoms with van der Waals surface area (Å²) < 4.78 is 10.6. The number of rotatable bonds is 7. The minimum Gasteiger partial charge on any atom is -0.493 e. The maximum Gasteiger partial charge on any atom is 0.229 e. The van der Waals surface area contributed by atoms with Crippen molar-refractivity contribution < 1.29 is 19.1 Å². The molecule has 9 heteroatoms. The van der Waals surface area contributed by atoms with Crippen LogP contribution in [0.25, 0.3) is 0 Å². The van der Waals surface area contributed by atoms with Gasteiger partial charge >= 0.3 is 0 Å². The van der Waals surface area contributed by atoms with Gasteiger partial charge in [-0.1, -0.05) is 0 Å². The molecule has 1 saturated heterocycles.